The predicted octanol–water partition coefficient (Wildman–Crippen LogP) is 0.751. The van der Waals surface area contributed by atoms with Crippen LogP contribution < -0.4 is 5.32 Å². The molecule has 2 heterocycles. The molecule has 0 aromatic carbocycles. The molecule has 2 aliphatic heterocycles. The summed E-state index contributed by atoms with van der Waals surface area (Å²) in [6.45, 7) is 6.41. The second kappa shape index (κ2) is 7.46. The summed E-state index contributed by atoms with van der Waals surface area (Å²) in [5.74, 6) is 1.32. The van der Waals surface area contributed by atoms with Crippen LogP contribution in [0.15, 0.2) is 0 Å². The zero-order valence-electron chi connectivity index (χ0n) is 10.2. The zero-order valence-corrected chi connectivity index (χ0v) is 11.8. The Hall–Kier alpha value is 0.0300. The van der Waals surface area contributed by atoms with Crippen molar-refractivity contribution in [2.24, 2.45) is 0 Å². The van der Waals surface area contributed by atoms with Crippen LogP contribution in [0.4, 0.5) is 0 Å². The molecular weight excluding hydrogens is 260 g/mol. The largest absolute Gasteiger partial charge is 0.375 e. The van der Waals surface area contributed by atoms with Crippen LogP contribution in [0.25, 0.3) is 0 Å². The molecule has 0 aromatic rings. The summed E-state index contributed by atoms with van der Waals surface area (Å²) in [4.78, 5) is 14.0. The lowest BCUT2D eigenvalue weighted by molar-refractivity contribution is -0.134. The predicted molar refractivity (Wildman–Crippen MR) is 73.0 cm³/mol. The lowest BCUT2D eigenvalue weighted by atomic mass is 10.2. The van der Waals surface area contributed by atoms with Crippen molar-refractivity contribution in [1.82, 2.24) is 10.2 Å². The van der Waals surface area contributed by atoms with Crippen molar-refractivity contribution >= 4 is 30.1 Å². The number of rotatable bonds is 2. The molecule has 0 radical (unpaired) electrons. The fourth-order valence-corrected chi connectivity index (χ4v) is 3.13. The number of ether oxygens (including phenoxy) is 1. The third-order valence-corrected chi connectivity index (χ3v) is 4.14. The van der Waals surface area contributed by atoms with Crippen LogP contribution in [0.2, 0.25) is 0 Å². The Morgan fingerprint density at radius 2 is 2.41 bits per heavy atom. The van der Waals surface area contributed by atoms with Gasteiger partial charge in [-0.05, 0) is 0 Å². The third kappa shape index (κ3) is 4.66. The summed E-state index contributed by atoms with van der Waals surface area (Å²) in [6.07, 6.45) is 0.607. The van der Waals surface area contributed by atoms with Gasteiger partial charge in [0.05, 0.1) is 19.1 Å². The van der Waals surface area contributed by atoms with Gasteiger partial charge in [0.1, 0.15) is 0 Å². The normalized spacial score (nSPS) is 29.6. The standard InChI is InChI=1S/C11H20N2O2S.ClH/c1-9-8-13(3-5-16-9)11(14)6-10-7-12-2-4-15-10;/h9-10,12H,2-8H2,1H3;1H. The van der Waals surface area contributed by atoms with Gasteiger partial charge in [-0.3, -0.25) is 4.79 Å². The van der Waals surface area contributed by atoms with Gasteiger partial charge in [0, 0.05) is 37.2 Å². The van der Waals surface area contributed by atoms with Gasteiger partial charge < -0.3 is 15.0 Å². The van der Waals surface area contributed by atoms with E-state index in [0.717, 1.165) is 38.5 Å². The first-order valence-electron chi connectivity index (χ1n) is 5.97. The van der Waals surface area contributed by atoms with E-state index in [9.17, 15) is 4.79 Å². The molecule has 0 spiro atoms. The third-order valence-electron chi connectivity index (χ3n) is 3.00. The van der Waals surface area contributed by atoms with Crippen molar-refractivity contribution in [2.75, 3.05) is 38.5 Å². The number of nitrogens with zero attached hydrogens (tertiary/aromatic N) is 1. The first kappa shape index (κ1) is 15.1. The minimum Gasteiger partial charge on any atom is -0.375 e. The minimum atomic E-state index is 0. The molecule has 1 N–H and O–H groups in total. The lowest BCUT2D eigenvalue weighted by Gasteiger charge is -2.32. The van der Waals surface area contributed by atoms with Crippen LogP contribution in [0.1, 0.15) is 13.3 Å². The number of halogens is 1. The maximum absolute atomic E-state index is 12.0. The van der Waals surface area contributed by atoms with Gasteiger partial charge in [-0.25, -0.2) is 0 Å². The number of thioether (sulfide) groups is 1. The van der Waals surface area contributed by atoms with Crippen LogP contribution in [0.5, 0.6) is 0 Å². The average Bonchev–Trinajstić information content (AvgIpc) is 2.30. The van der Waals surface area contributed by atoms with E-state index >= 15 is 0 Å². The van der Waals surface area contributed by atoms with Crippen LogP contribution in [-0.2, 0) is 9.53 Å². The van der Waals surface area contributed by atoms with E-state index < -0.39 is 0 Å². The Labute approximate surface area is 113 Å². The number of amides is 1. The SMILES string of the molecule is CC1CN(C(=O)CC2CNCCO2)CCS1.Cl. The molecule has 4 nitrogen and oxygen atoms in total. The van der Waals surface area contributed by atoms with Crippen molar-refractivity contribution in [2.45, 2.75) is 24.7 Å². The molecule has 2 saturated heterocycles. The summed E-state index contributed by atoms with van der Waals surface area (Å²) >= 11 is 1.95. The summed E-state index contributed by atoms with van der Waals surface area (Å²) in [6, 6.07) is 0. The van der Waals surface area contributed by atoms with Crippen LogP contribution in [0.3, 0.4) is 0 Å². The number of morpholine rings is 1. The van der Waals surface area contributed by atoms with Gasteiger partial charge >= 0.3 is 0 Å². The molecule has 2 aliphatic rings. The Bertz CT molecular complexity index is 250. The van der Waals surface area contributed by atoms with E-state index in [1.54, 1.807) is 0 Å². The van der Waals surface area contributed by atoms with Crippen molar-refractivity contribution < 1.29 is 9.53 Å². The lowest BCUT2D eigenvalue weighted by Crippen LogP contribution is -2.45. The highest BCUT2D eigenvalue weighted by Crippen LogP contribution is 2.18. The molecule has 0 bridgehead atoms. The highest BCUT2D eigenvalue weighted by atomic mass is 35.5. The number of hydrogen-bond acceptors (Lipinski definition) is 4. The summed E-state index contributed by atoms with van der Waals surface area (Å²) < 4.78 is 5.55. The highest BCUT2D eigenvalue weighted by Gasteiger charge is 2.24. The summed E-state index contributed by atoms with van der Waals surface area (Å²) in [5, 5.41) is 3.82. The highest BCUT2D eigenvalue weighted by molar-refractivity contribution is 7.99. The molecular formula is C11H21ClN2O2S. The van der Waals surface area contributed by atoms with Gasteiger partial charge in [0.2, 0.25) is 5.91 Å². The fourth-order valence-electron chi connectivity index (χ4n) is 2.12. The Morgan fingerprint density at radius 3 is 3.06 bits per heavy atom. The smallest absolute Gasteiger partial charge is 0.225 e. The van der Waals surface area contributed by atoms with Crippen LogP contribution >= 0.6 is 24.2 Å². The Balaban J connectivity index is 0.00000144. The maximum Gasteiger partial charge on any atom is 0.225 e. The average molecular weight is 281 g/mol. The molecule has 100 valence electrons. The molecule has 2 atom stereocenters. The fraction of sp³-hybridized carbons (Fsp3) is 0.909. The zero-order chi connectivity index (χ0) is 11.4. The van der Waals surface area contributed by atoms with E-state index in [4.69, 9.17) is 4.74 Å². The maximum atomic E-state index is 12.0. The van der Waals surface area contributed by atoms with Crippen LogP contribution in [-0.4, -0.2) is 60.7 Å². The molecule has 2 rings (SSSR count). The van der Waals surface area contributed by atoms with E-state index in [1.165, 1.54) is 0 Å². The second-order valence-corrected chi connectivity index (χ2v) is 5.97. The Morgan fingerprint density at radius 1 is 1.59 bits per heavy atom. The van der Waals surface area contributed by atoms with Gasteiger partial charge in [0.25, 0.3) is 0 Å². The monoisotopic (exact) mass is 280 g/mol. The second-order valence-electron chi connectivity index (χ2n) is 4.42. The molecule has 17 heavy (non-hydrogen) atoms. The molecule has 2 unspecified atom stereocenters. The minimum absolute atomic E-state index is 0. The molecule has 2 fully saturated rings. The van der Waals surface area contributed by atoms with Crippen molar-refractivity contribution in [3.05, 3.63) is 0 Å². The van der Waals surface area contributed by atoms with Gasteiger partial charge in [0.15, 0.2) is 0 Å². The van der Waals surface area contributed by atoms with E-state index in [1.807, 2.05) is 16.7 Å². The van der Waals surface area contributed by atoms with Gasteiger partial charge in [-0.1, -0.05) is 6.92 Å². The van der Waals surface area contributed by atoms with E-state index in [-0.39, 0.29) is 24.4 Å². The number of hydrogen-bond donors (Lipinski definition) is 1. The molecule has 0 saturated carbocycles. The number of carbonyl (C=O) groups excluding carboxylic acids is 1. The van der Waals surface area contributed by atoms with Crippen LogP contribution in [0, 0.1) is 0 Å². The number of nitrogens with one attached hydrogen (secondary N) is 1. The molecule has 0 aromatic heterocycles. The molecule has 0 aliphatic carbocycles. The molecule has 6 heteroatoms. The van der Waals surface area contributed by atoms with Gasteiger partial charge in [-0.2, -0.15) is 11.8 Å². The first-order valence-corrected chi connectivity index (χ1v) is 7.02. The van der Waals surface area contributed by atoms with E-state index in [2.05, 4.69) is 12.2 Å². The summed E-state index contributed by atoms with van der Waals surface area (Å²) in [5.41, 5.74) is 0. The van der Waals surface area contributed by atoms with Crippen molar-refractivity contribution in [3.8, 4) is 0 Å². The van der Waals surface area contributed by atoms with E-state index in [0.29, 0.717) is 11.7 Å². The van der Waals surface area contributed by atoms with Gasteiger partial charge in [-0.15, -0.1) is 12.4 Å². The van der Waals surface area contributed by atoms with Crippen molar-refractivity contribution in [3.63, 3.8) is 0 Å². The molecule has 1 amide bonds. The topological polar surface area (TPSA) is 41.6 Å². The summed E-state index contributed by atoms with van der Waals surface area (Å²) in [7, 11) is 0. The Kier molecular flexibility index (Phi) is 6.62. The number of carbonyl (C=O) groups is 1. The quantitative estimate of drug-likeness (QED) is 0.811. The van der Waals surface area contributed by atoms with Crippen molar-refractivity contribution in [1.29, 1.82) is 0 Å². The first-order chi connectivity index (χ1) is 7.75.